The second kappa shape index (κ2) is 7.26. The van der Waals surface area contributed by atoms with Gasteiger partial charge in [-0.3, -0.25) is 0 Å². The molecule has 0 saturated heterocycles. The predicted molar refractivity (Wildman–Crippen MR) is 119 cm³/mol. The Balaban J connectivity index is 1.87. The molecule has 4 aliphatic carbocycles. The summed E-state index contributed by atoms with van der Waals surface area (Å²) in [5.74, 6) is 3.95. The summed E-state index contributed by atoms with van der Waals surface area (Å²) in [6.07, 6.45) is 10.4. The Morgan fingerprint density at radius 2 is 1.67 bits per heavy atom. The summed E-state index contributed by atoms with van der Waals surface area (Å²) in [6, 6.07) is 6.90. The van der Waals surface area contributed by atoms with Gasteiger partial charge >= 0.3 is 0 Å². The van der Waals surface area contributed by atoms with E-state index in [2.05, 4.69) is 39.5 Å². The first-order valence-electron chi connectivity index (χ1n) is 11.0. The van der Waals surface area contributed by atoms with E-state index in [0.717, 1.165) is 35.6 Å². The molecular weight excluding hydrogens is 368 g/mol. The Morgan fingerprint density at radius 1 is 1.11 bits per heavy atom. The minimum Gasteiger partial charge on any atom is -0.489 e. The van der Waals surface area contributed by atoms with Crippen LogP contribution in [0.4, 0.5) is 0 Å². The molecule has 0 aliphatic heterocycles. The fraction of sp³-hybridized carbons (Fsp3) is 0.667. The van der Waals surface area contributed by atoms with Crippen molar-refractivity contribution in [1.29, 1.82) is 0 Å². The Hall–Kier alpha value is -0.733. The molecule has 4 bridgehead atoms. The zero-order chi connectivity index (χ0) is 19.2. The molecule has 0 radical (unpaired) electrons. The first-order valence-corrected chi connectivity index (χ1v) is 14.4. The molecule has 3 heteroatoms. The minimum absolute atomic E-state index is 0.333. The van der Waals surface area contributed by atoms with E-state index < -0.39 is 7.38 Å². The van der Waals surface area contributed by atoms with Crippen LogP contribution in [-0.2, 0) is 5.41 Å². The average Bonchev–Trinajstić information content (AvgIpc) is 2.64. The van der Waals surface area contributed by atoms with Crippen molar-refractivity contribution in [3.8, 4) is 5.75 Å². The SMILES string of the molecule is C=CCOc1c(C23CC4CC(CC(C4)C2)C3)cc(C)cc1[Si](Cl)(CC)CC. The maximum Gasteiger partial charge on any atom is 0.190 e. The van der Waals surface area contributed by atoms with Gasteiger partial charge in [0.25, 0.3) is 0 Å². The van der Waals surface area contributed by atoms with Crippen LogP contribution in [0.15, 0.2) is 24.8 Å². The normalized spacial score (nSPS) is 31.9. The lowest BCUT2D eigenvalue weighted by atomic mass is 9.48. The summed E-state index contributed by atoms with van der Waals surface area (Å²) in [5, 5.41) is 1.35. The van der Waals surface area contributed by atoms with E-state index in [0.29, 0.717) is 12.0 Å². The number of benzene rings is 1. The smallest absolute Gasteiger partial charge is 0.190 e. The summed E-state index contributed by atoms with van der Waals surface area (Å²) < 4.78 is 6.44. The van der Waals surface area contributed by atoms with Gasteiger partial charge in [-0.05, 0) is 85.9 Å². The summed E-state index contributed by atoms with van der Waals surface area (Å²) in [4.78, 5) is 0. The minimum atomic E-state index is -2.03. The van der Waals surface area contributed by atoms with Gasteiger partial charge < -0.3 is 4.74 Å². The van der Waals surface area contributed by atoms with Crippen LogP contribution < -0.4 is 9.92 Å². The quantitative estimate of drug-likeness (QED) is 0.289. The van der Waals surface area contributed by atoms with Crippen LogP contribution in [0.5, 0.6) is 5.75 Å². The van der Waals surface area contributed by atoms with Crippen molar-refractivity contribution in [1.82, 2.24) is 0 Å². The number of halogens is 1. The Bertz CT molecular complexity index is 686. The molecule has 0 spiro atoms. The van der Waals surface area contributed by atoms with Crippen LogP contribution in [0.1, 0.15) is 63.5 Å². The van der Waals surface area contributed by atoms with Crippen molar-refractivity contribution in [2.45, 2.75) is 76.8 Å². The predicted octanol–water partition coefficient (Wildman–Crippen LogP) is 6.46. The highest BCUT2D eigenvalue weighted by molar-refractivity contribution is 7.27. The zero-order valence-electron chi connectivity index (χ0n) is 17.3. The zero-order valence-corrected chi connectivity index (χ0v) is 19.1. The van der Waals surface area contributed by atoms with Crippen molar-refractivity contribution in [3.63, 3.8) is 0 Å². The molecule has 27 heavy (non-hydrogen) atoms. The first kappa shape index (κ1) is 19.6. The van der Waals surface area contributed by atoms with E-state index in [9.17, 15) is 0 Å². The number of aryl methyl sites for hydroxylation is 1. The molecule has 0 N–H and O–H groups in total. The van der Waals surface area contributed by atoms with Crippen LogP contribution in [0.25, 0.3) is 0 Å². The number of rotatable bonds is 7. The Kier molecular flexibility index (Phi) is 5.27. The number of hydrogen-bond donors (Lipinski definition) is 0. The molecule has 5 rings (SSSR count). The van der Waals surface area contributed by atoms with Gasteiger partial charge in [-0.25, -0.2) is 0 Å². The lowest BCUT2D eigenvalue weighted by Crippen LogP contribution is -2.50. The van der Waals surface area contributed by atoms with Gasteiger partial charge in [-0.15, -0.1) is 0 Å². The van der Waals surface area contributed by atoms with Crippen molar-refractivity contribution in [2.24, 2.45) is 17.8 Å². The van der Waals surface area contributed by atoms with E-state index in [1.54, 1.807) is 0 Å². The lowest BCUT2D eigenvalue weighted by molar-refractivity contribution is -0.00624. The van der Waals surface area contributed by atoms with E-state index in [-0.39, 0.29) is 0 Å². The largest absolute Gasteiger partial charge is 0.489 e. The summed E-state index contributed by atoms with van der Waals surface area (Å²) in [7, 11) is -2.03. The van der Waals surface area contributed by atoms with Gasteiger partial charge in [0.1, 0.15) is 12.4 Å². The van der Waals surface area contributed by atoms with E-state index in [1.165, 1.54) is 54.8 Å². The molecule has 1 aromatic carbocycles. The van der Waals surface area contributed by atoms with Crippen LogP contribution in [-0.4, -0.2) is 14.0 Å². The fourth-order valence-electron chi connectivity index (χ4n) is 6.87. The standard InChI is InChI=1S/C24H35ClOSi/c1-5-8-26-23-21(9-17(4)10-22(23)27(25,6-2)7-3)24-14-18-11-19(15-24)13-20(12-18)16-24/h5,9-10,18-20H,1,6-8,11-16H2,2-4H3. The van der Waals surface area contributed by atoms with Gasteiger partial charge in [0.2, 0.25) is 0 Å². The molecule has 1 nitrogen and oxygen atoms in total. The molecule has 0 atom stereocenters. The third-order valence-corrected chi connectivity index (χ3v) is 13.6. The van der Waals surface area contributed by atoms with Crippen LogP contribution in [0.2, 0.25) is 12.1 Å². The molecule has 4 fully saturated rings. The topological polar surface area (TPSA) is 9.23 Å². The highest BCUT2D eigenvalue weighted by Gasteiger charge is 2.53. The monoisotopic (exact) mass is 402 g/mol. The van der Waals surface area contributed by atoms with Crippen LogP contribution >= 0.6 is 11.1 Å². The number of hydrogen-bond acceptors (Lipinski definition) is 1. The third-order valence-electron chi connectivity index (χ3n) is 7.79. The lowest BCUT2D eigenvalue weighted by Gasteiger charge is -2.57. The van der Waals surface area contributed by atoms with E-state index in [1.807, 2.05) is 6.08 Å². The van der Waals surface area contributed by atoms with Crippen LogP contribution in [0, 0.1) is 24.7 Å². The molecule has 0 amide bonds. The van der Waals surface area contributed by atoms with Gasteiger partial charge in [0.15, 0.2) is 7.38 Å². The maximum absolute atomic E-state index is 7.30. The second-order valence-corrected chi connectivity index (χ2v) is 15.7. The van der Waals surface area contributed by atoms with E-state index in [4.69, 9.17) is 15.8 Å². The van der Waals surface area contributed by atoms with Crippen molar-refractivity contribution < 1.29 is 4.74 Å². The van der Waals surface area contributed by atoms with Gasteiger partial charge in [0, 0.05) is 5.56 Å². The molecule has 0 unspecified atom stereocenters. The number of ether oxygens (including phenoxy) is 1. The third kappa shape index (κ3) is 3.31. The van der Waals surface area contributed by atoms with E-state index >= 15 is 0 Å². The fourth-order valence-corrected chi connectivity index (χ4v) is 9.65. The van der Waals surface area contributed by atoms with Crippen molar-refractivity contribution in [3.05, 3.63) is 35.9 Å². The van der Waals surface area contributed by atoms with Crippen LogP contribution in [0.3, 0.4) is 0 Å². The second-order valence-electron chi connectivity index (χ2n) is 9.66. The Morgan fingerprint density at radius 3 is 2.15 bits per heavy atom. The van der Waals surface area contributed by atoms with Crippen molar-refractivity contribution in [2.75, 3.05) is 6.61 Å². The molecule has 4 aliphatic rings. The van der Waals surface area contributed by atoms with Gasteiger partial charge in [-0.2, -0.15) is 11.1 Å². The molecule has 0 aromatic heterocycles. The van der Waals surface area contributed by atoms with Crippen molar-refractivity contribution >= 4 is 23.6 Å². The average molecular weight is 403 g/mol. The molecule has 148 valence electrons. The molecule has 4 saturated carbocycles. The highest BCUT2D eigenvalue weighted by atomic mass is 35.6. The molecule has 0 heterocycles. The molecular formula is C24H35ClOSi. The first-order chi connectivity index (χ1) is 12.9. The summed E-state index contributed by atoms with van der Waals surface area (Å²) >= 11 is 7.30. The molecule has 1 aromatic rings. The Labute approximate surface area is 171 Å². The summed E-state index contributed by atoms with van der Waals surface area (Å²) in [5.41, 5.74) is 3.19. The summed E-state index contributed by atoms with van der Waals surface area (Å²) in [6.45, 7) is 11.2. The van der Waals surface area contributed by atoms with Gasteiger partial charge in [-0.1, -0.05) is 44.2 Å². The maximum atomic E-state index is 7.30. The van der Waals surface area contributed by atoms with Gasteiger partial charge in [0.05, 0.1) is 0 Å². The highest BCUT2D eigenvalue weighted by Crippen LogP contribution is 2.62.